The van der Waals surface area contributed by atoms with Crippen molar-refractivity contribution in [2.75, 3.05) is 0 Å². The van der Waals surface area contributed by atoms with Crippen molar-refractivity contribution in [2.45, 2.75) is 73.1 Å². The maximum atomic E-state index is 3.98. The topological polar surface area (TPSA) is 0 Å². The van der Waals surface area contributed by atoms with Crippen LogP contribution in [0.1, 0.15) is 73.1 Å². The van der Waals surface area contributed by atoms with Crippen LogP contribution in [0.15, 0.2) is 35.5 Å². The second kappa shape index (κ2) is 8.49. The van der Waals surface area contributed by atoms with Crippen LogP contribution < -0.4 is 0 Å². The lowest BCUT2D eigenvalue weighted by molar-refractivity contribution is 0.210. The van der Waals surface area contributed by atoms with Gasteiger partial charge in [0.2, 0.25) is 0 Å². The molecule has 0 N–H and O–H groups in total. The van der Waals surface area contributed by atoms with E-state index in [1.807, 2.05) is 0 Å². The minimum Gasteiger partial charge on any atom is -0.0961 e. The Labute approximate surface area is 127 Å². The standard InChI is InChI=1S/C20H34/c1-7-17(8-2)18-10-12-19(13-11-18)20(16(5)6)14-9-15(3)4/h9,14,17-19H,3,7-8,10-13H2,1-2,4-6H3/b14-9-. The van der Waals surface area contributed by atoms with Crippen LogP contribution in [0, 0.1) is 17.8 Å². The Kier molecular flexibility index (Phi) is 7.34. The van der Waals surface area contributed by atoms with Crippen molar-refractivity contribution in [1.29, 1.82) is 0 Å². The van der Waals surface area contributed by atoms with E-state index in [0.717, 1.165) is 23.3 Å². The summed E-state index contributed by atoms with van der Waals surface area (Å²) >= 11 is 0. The van der Waals surface area contributed by atoms with E-state index in [0.29, 0.717) is 0 Å². The van der Waals surface area contributed by atoms with Crippen molar-refractivity contribution in [3.8, 4) is 0 Å². The van der Waals surface area contributed by atoms with E-state index < -0.39 is 0 Å². The SMILES string of the molecule is C=C(C)/C=C\C(=C(C)C)C1CCC(C(CC)CC)CC1. The molecule has 1 saturated carbocycles. The Morgan fingerprint density at radius 3 is 1.95 bits per heavy atom. The van der Waals surface area contributed by atoms with Gasteiger partial charge in [0.1, 0.15) is 0 Å². The van der Waals surface area contributed by atoms with Gasteiger partial charge in [-0.05, 0) is 69.8 Å². The lowest BCUT2D eigenvalue weighted by Gasteiger charge is -2.34. The van der Waals surface area contributed by atoms with E-state index in [9.17, 15) is 0 Å². The summed E-state index contributed by atoms with van der Waals surface area (Å²) in [6, 6.07) is 0. The second-order valence-electron chi connectivity index (χ2n) is 6.82. The molecule has 0 aromatic rings. The minimum atomic E-state index is 0.779. The van der Waals surface area contributed by atoms with Crippen LogP contribution in [0.25, 0.3) is 0 Å². The molecular formula is C20H34. The predicted molar refractivity (Wildman–Crippen MR) is 91.8 cm³/mol. The van der Waals surface area contributed by atoms with Crippen LogP contribution in [0.5, 0.6) is 0 Å². The third kappa shape index (κ3) is 4.96. The van der Waals surface area contributed by atoms with Crippen molar-refractivity contribution in [3.63, 3.8) is 0 Å². The molecule has 0 radical (unpaired) electrons. The molecule has 0 aliphatic heterocycles. The van der Waals surface area contributed by atoms with Gasteiger partial charge >= 0.3 is 0 Å². The summed E-state index contributed by atoms with van der Waals surface area (Å²) < 4.78 is 0. The fourth-order valence-electron chi connectivity index (χ4n) is 3.80. The highest BCUT2D eigenvalue weighted by molar-refractivity contribution is 5.30. The molecular weight excluding hydrogens is 240 g/mol. The Morgan fingerprint density at radius 1 is 1.00 bits per heavy atom. The van der Waals surface area contributed by atoms with Crippen molar-refractivity contribution >= 4 is 0 Å². The number of allylic oxidation sites excluding steroid dienone is 5. The predicted octanol–water partition coefficient (Wildman–Crippen LogP) is 6.70. The van der Waals surface area contributed by atoms with Gasteiger partial charge in [0.15, 0.2) is 0 Å². The molecule has 0 saturated heterocycles. The first-order chi connectivity index (χ1) is 9.49. The molecule has 1 aliphatic carbocycles. The van der Waals surface area contributed by atoms with Crippen molar-refractivity contribution in [2.24, 2.45) is 17.8 Å². The van der Waals surface area contributed by atoms with E-state index >= 15 is 0 Å². The first kappa shape index (κ1) is 17.3. The lowest BCUT2D eigenvalue weighted by Crippen LogP contribution is -2.22. The summed E-state index contributed by atoms with van der Waals surface area (Å²) in [5.74, 6) is 2.71. The van der Waals surface area contributed by atoms with Gasteiger partial charge in [-0.25, -0.2) is 0 Å². The Hall–Kier alpha value is -0.780. The summed E-state index contributed by atoms with van der Waals surface area (Å²) in [5, 5.41) is 0. The summed E-state index contributed by atoms with van der Waals surface area (Å²) in [6.07, 6.45) is 12.8. The molecule has 114 valence electrons. The van der Waals surface area contributed by atoms with Gasteiger partial charge in [0.25, 0.3) is 0 Å². The van der Waals surface area contributed by atoms with Gasteiger partial charge in [-0.15, -0.1) is 0 Å². The van der Waals surface area contributed by atoms with E-state index in [1.54, 1.807) is 5.57 Å². The monoisotopic (exact) mass is 274 g/mol. The molecule has 0 aromatic heterocycles. The quantitative estimate of drug-likeness (QED) is 0.473. The zero-order valence-corrected chi connectivity index (χ0v) is 14.3. The van der Waals surface area contributed by atoms with Crippen LogP contribution >= 0.6 is 0 Å². The van der Waals surface area contributed by atoms with E-state index in [1.165, 1.54) is 44.1 Å². The van der Waals surface area contributed by atoms with Gasteiger partial charge < -0.3 is 0 Å². The fourth-order valence-corrected chi connectivity index (χ4v) is 3.80. The first-order valence-electron chi connectivity index (χ1n) is 8.50. The Morgan fingerprint density at radius 2 is 1.55 bits per heavy atom. The average molecular weight is 274 g/mol. The molecule has 1 fully saturated rings. The van der Waals surface area contributed by atoms with Crippen molar-refractivity contribution in [3.05, 3.63) is 35.5 Å². The zero-order valence-electron chi connectivity index (χ0n) is 14.3. The normalized spacial score (nSPS) is 23.3. The fraction of sp³-hybridized carbons (Fsp3) is 0.700. The molecule has 0 heteroatoms. The third-order valence-electron chi connectivity index (χ3n) is 5.05. The summed E-state index contributed by atoms with van der Waals surface area (Å²) in [5.41, 5.74) is 4.19. The summed E-state index contributed by atoms with van der Waals surface area (Å²) in [6.45, 7) is 15.3. The van der Waals surface area contributed by atoms with E-state index in [4.69, 9.17) is 0 Å². The van der Waals surface area contributed by atoms with Crippen LogP contribution in [-0.2, 0) is 0 Å². The third-order valence-corrected chi connectivity index (χ3v) is 5.05. The van der Waals surface area contributed by atoms with Gasteiger partial charge in [-0.3, -0.25) is 0 Å². The molecule has 0 aromatic carbocycles. The van der Waals surface area contributed by atoms with E-state index in [2.05, 4.69) is 53.3 Å². The lowest BCUT2D eigenvalue weighted by atomic mass is 9.71. The number of hydrogen-bond acceptors (Lipinski definition) is 0. The van der Waals surface area contributed by atoms with Gasteiger partial charge in [-0.1, -0.05) is 56.6 Å². The Bertz CT molecular complexity index is 353. The number of hydrogen-bond donors (Lipinski definition) is 0. The van der Waals surface area contributed by atoms with Crippen molar-refractivity contribution in [1.82, 2.24) is 0 Å². The molecule has 0 atom stereocenters. The van der Waals surface area contributed by atoms with Crippen molar-refractivity contribution < 1.29 is 0 Å². The molecule has 0 unspecified atom stereocenters. The Balaban J connectivity index is 2.67. The maximum absolute atomic E-state index is 3.98. The van der Waals surface area contributed by atoms with Gasteiger partial charge in [0, 0.05) is 0 Å². The van der Waals surface area contributed by atoms with Crippen LogP contribution in [-0.4, -0.2) is 0 Å². The minimum absolute atomic E-state index is 0.779. The molecule has 0 amide bonds. The van der Waals surface area contributed by atoms with E-state index in [-0.39, 0.29) is 0 Å². The highest BCUT2D eigenvalue weighted by atomic mass is 14.3. The first-order valence-corrected chi connectivity index (χ1v) is 8.50. The highest BCUT2D eigenvalue weighted by Crippen LogP contribution is 2.39. The highest BCUT2D eigenvalue weighted by Gasteiger charge is 2.27. The molecule has 0 nitrogen and oxygen atoms in total. The summed E-state index contributed by atoms with van der Waals surface area (Å²) in [4.78, 5) is 0. The summed E-state index contributed by atoms with van der Waals surface area (Å²) in [7, 11) is 0. The molecule has 1 rings (SSSR count). The molecule has 1 aliphatic rings. The van der Waals surface area contributed by atoms with Crippen LogP contribution in [0.4, 0.5) is 0 Å². The average Bonchev–Trinajstić information content (AvgIpc) is 2.41. The second-order valence-corrected chi connectivity index (χ2v) is 6.82. The van der Waals surface area contributed by atoms with Gasteiger partial charge in [0.05, 0.1) is 0 Å². The molecule has 20 heavy (non-hydrogen) atoms. The van der Waals surface area contributed by atoms with Crippen LogP contribution in [0.3, 0.4) is 0 Å². The number of rotatable bonds is 6. The molecule has 0 heterocycles. The van der Waals surface area contributed by atoms with Crippen LogP contribution in [0.2, 0.25) is 0 Å². The molecule has 0 bridgehead atoms. The van der Waals surface area contributed by atoms with Gasteiger partial charge in [-0.2, -0.15) is 0 Å². The smallest absolute Gasteiger partial charge is 0.0162 e. The largest absolute Gasteiger partial charge is 0.0961 e. The molecule has 0 spiro atoms. The zero-order chi connectivity index (χ0) is 15.1. The maximum Gasteiger partial charge on any atom is -0.0162 e.